The number of anilines is 3. The molecule has 0 aliphatic heterocycles. The van der Waals surface area contributed by atoms with Crippen LogP contribution in [-0.4, -0.2) is 28.4 Å². The quantitative estimate of drug-likeness (QED) is 0.606. The molecule has 6 nitrogen and oxygen atoms in total. The molecule has 0 saturated carbocycles. The zero-order valence-corrected chi connectivity index (χ0v) is 17.5. The first kappa shape index (κ1) is 20.7. The van der Waals surface area contributed by atoms with Crippen molar-refractivity contribution in [1.29, 1.82) is 0 Å². The molecule has 0 fully saturated rings. The standard InChI is InChI=1S/C21H20ClN3O3S/c1-25(2)20-13-10-16(22)14-19(20)23-21(26)15-8-11-18(12-9-15)29(27,28)24-17-6-4-3-5-7-17/h3-14,24H,1-2H3,(H,23,26). The van der Waals surface area contributed by atoms with Crippen LogP contribution in [0.3, 0.4) is 0 Å². The van der Waals surface area contributed by atoms with Gasteiger partial charge in [-0.3, -0.25) is 9.52 Å². The predicted octanol–water partition coefficient (Wildman–Crippen LogP) is 4.46. The fourth-order valence-electron chi connectivity index (χ4n) is 2.70. The average molecular weight is 430 g/mol. The number of hydrogen-bond donors (Lipinski definition) is 2. The lowest BCUT2D eigenvalue weighted by Gasteiger charge is -2.18. The summed E-state index contributed by atoms with van der Waals surface area (Å²) < 4.78 is 27.5. The Bertz CT molecular complexity index is 1120. The van der Waals surface area contributed by atoms with Crippen molar-refractivity contribution >= 4 is 44.6 Å². The zero-order valence-electron chi connectivity index (χ0n) is 15.9. The highest BCUT2D eigenvalue weighted by Gasteiger charge is 2.16. The molecule has 3 rings (SSSR count). The fraction of sp³-hybridized carbons (Fsp3) is 0.0952. The summed E-state index contributed by atoms with van der Waals surface area (Å²) in [4.78, 5) is 14.5. The molecule has 0 aliphatic carbocycles. The van der Waals surface area contributed by atoms with Crippen molar-refractivity contribution in [2.45, 2.75) is 4.90 Å². The highest BCUT2D eigenvalue weighted by molar-refractivity contribution is 7.92. The van der Waals surface area contributed by atoms with Crippen LogP contribution in [0.15, 0.2) is 77.7 Å². The molecule has 2 N–H and O–H groups in total. The molecule has 0 heterocycles. The first-order chi connectivity index (χ1) is 13.8. The van der Waals surface area contributed by atoms with E-state index in [2.05, 4.69) is 10.0 Å². The van der Waals surface area contributed by atoms with Gasteiger partial charge in [0.15, 0.2) is 0 Å². The third-order valence-corrected chi connectivity index (χ3v) is 5.77. The molecule has 1 amide bonds. The van der Waals surface area contributed by atoms with E-state index in [9.17, 15) is 13.2 Å². The van der Waals surface area contributed by atoms with Crippen molar-refractivity contribution in [3.05, 3.63) is 83.4 Å². The van der Waals surface area contributed by atoms with E-state index in [0.717, 1.165) is 5.69 Å². The molecule has 0 aliphatic rings. The van der Waals surface area contributed by atoms with Gasteiger partial charge in [-0.2, -0.15) is 0 Å². The molecule has 8 heteroatoms. The van der Waals surface area contributed by atoms with E-state index in [1.165, 1.54) is 24.3 Å². The van der Waals surface area contributed by atoms with Gasteiger partial charge in [0.05, 0.1) is 16.3 Å². The molecule has 150 valence electrons. The van der Waals surface area contributed by atoms with E-state index in [4.69, 9.17) is 11.6 Å². The van der Waals surface area contributed by atoms with Crippen molar-refractivity contribution < 1.29 is 13.2 Å². The Morgan fingerprint density at radius 1 is 0.931 bits per heavy atom. The summed E-state index contributed by atoms with van der Waals surface area (Å²) in [6.45, 7) is 0. The van der Waals surface area contributed by atoms with Gasteiger partial charge in [0.1, 0.15) is 0 Å². The number of sulfonamides is 1. The second-order valence-corrected chi connectivity index (χ2v) is 8.62. The average Bonchev–Trinajstić information content (AvgIpc) is 2.68. The number of carbonyl (C=O) groups excluding carboxylic acids is 1. The van der Waals surface area contributed by atoms with Crippen LogP contribution in [0.25, 0.3) is 0 Å². The van der Waals surface area contributed by atoms with E-state index >= 15 is 0 Å². The van der Waals surface area contributed by atoms with Gasteiger partial charge in [-0.15, -0.1) is 0 Å². The fourth-order valence-corrected chi connectivity index (χ4v) is 3.93. The summed E-state index contributed by atoms with van der Waals surface area (Å²) in [5.74, 6) is -0.365. The third-order valence-electron chi connectivity index (χ3n) is 4.14. The van der Waals surface area contributed by atoms with E-state index in [0.29, 0.717) is 22.0 Å². The largest absolute Gasteiger partial charge is 0.376 e. The van der Waals surface area contributed by atoms with Crippen LogP contribution in [0.4, 0.5) is 17.1 Å². The van der Waals surface area contributed by atoms with Gasteiger partial charge in [-0.1, -0.05) is 29.8 Å². The van der Waals surface area contributed by atoms with Gasteiger partial charge in [0, 0.05) is 30.4 Å². The van der Waals surface area contributed by atoms with E-state index < -0.39 is 10.0 Å². The highest BCUT2D eigenvalue weighted by Crippen LogP contribution is 2.28. The Labute approximate surface area is 175 Å². The molecule has 0 spiro atoms. The Hall–Kier alpha value is -3.03. The molecule has 0 aromatic heterocycles. The van der Waals surface area contributed by atoms with Crippen molar-refractivity contribution in [3.63, 3.8) is 0 Å². The van der Waals surface area contributed by atoms with Gasteiger partial charge < -0.3 is 10.2 Å². The Kier molecular flexibility index (Phi) is 6.10. The molecular formula is C21H20ClN3O3S. The number of para-hydroxylation sites is 1. The van der Waals surface area contributed by atoms with Crippen LogP contribution in [-0.2, 0) is 10.0 Å². The topological polar surface area (TPSA) is 78.5 Å². The molecule has 0 radical (unpaired) electrons. The molecular weight excluding hydrogens is 410 g/mol. The van der Waals surface area contributed by atoms with Gasteiger partial charge in [0.2, 0.25) is 0 Å². The number of carbonyl (C=O) groups is 1. The van der Waals surface area contributed by atoms with Crippen molar-refractivity contribution in [2.24, 2.45) is 0 Å². The molecule has 3 aromatic rings. The highest BCUT2D eigenvalue weighted by atomic mass is 35.5. The van der Waals surface area contributed by atoms with Gasteiger partial charge in [0.25, 0.3) is 15.9 Å². The molecule has 0 saturated heterocycles. The minimum Gasteiger partial charge on any atom is -0.376 e. The lowest BCUT2D eigenvalue weighted by atomic mass is 10.2. The zero-order chi connectivity index (χ0) is 21.0. The maximum absolute atomic E-state index is 12.6. The predicted molar refractivity (Wildman–Crippen MR) is 117 cm³/mol. The lowest BCUT2D eigenvalue weighted by Crippen LogP contribution is -2.17. The number of rotatable bonds is 6. The van der Waals surface area contributed by atoms with Crippen LogP contribution in [0, 0.1) is 0 Å². The van der Waals surface area contributed by atoms with Gasteiger partial charge in [-0.05, 0) is 54.6 Å². The number of benzene rings is 3. The molecule has 0 atom stereocenters. The minimum atomic E-state index is -3.74. The number of nitrogens with zero attached hydrogens (tertiary/aromatic N) is 1. The summed E-state index contributed by atoms with van der Waals surface area (Å²) in [7, 11) is -0.0253. The normalized spacial score (nSPS) is 11.0. The first-order valence-corrected chi connectivity index (χ1v) is 10.6. The smallest absolute Gasteiger partial charge is 0.261 e. The number of halogens is 1. The summed E-state index contributed by atoms with van der Waals surface area (Å²) >= 11 is 6.04. The second kappa shape index (κ2) is 8.55. The van der Waals surface area contributed by atoms with Crippen molar-refractivity contribution in [3.8, 4) is 0 Å². The maximum atomic E-state index is 12.6. The molecule has 3 aromatic carbocycles. The number of amides is 1. The Morgan fingerprint density at radius 2 is 1.59 bits per heavy atom. The van der Waals surface area contributed by atoms with Gasteiger partial charge in [-0.25, -0.2) is 8.42 Å². The van der Waals surface area contributed by atoms with E-state index in [1.807, 2.05) is 25.1 Å². The van der Waals surface area contributed by atoms with Crippen LogP contribution >= 0.6 is 11.6 Å². The second-order valence-electron chi connectivity index (χ2n) is 6.51. The summed E-state index contributed by atoms with van der Waals surface area (Å²) in [5, 5.41) is 3.32. The SMILES string of the molecule is CN(C)c1ccc(Cl)cc1NC(=O)c1ccc(S(=O)(=O)Nc2ccccc2)cc1. The Balaban J connectivity index is 1.78. The van der Waals surface area contributed by atoms with Crippen LogP contribution in [0.1, 0.15) is 10.4 Å². The van der Waals surface area contributed by atoms with E-state index in [-0.39, 0.29) is 10.8 Å². The summed E-state index contributed by atoms with van der Waals surface area (Å²) in [6, 6.07) is 19.5. The number of nitrogens with one attached hydrogen (secondary N) is 2. The van der Waals surface area contributed by atoms with Crippen molar-refractivity contribution in [1.82, 2.24) is 0 Å². The van der Waals surface area contributed by atoms with Crippen LogP contribution < -0.4 is 14.9 Å². The monoisotopic (exact) mass is 429 g/mol. The van der Waals surface area contributed by atoms with Crippen LogP contribution in [0.5, 0.6) is 0 Å². The van der Waals surface area contributed by atoms with E-state index in [1.54, 1.807) is 42.5 Å². The lowest BCUT2D eigenvalue weighted by molar-refractivity contribution is 0.102. The first-order valence-electron chi connectivity index (χ1n) is 8.72. The van der Waals surface area contributed by atoms with Gasteiger partial charge >= 0.3 is 0 Å². The molecule has 0 unspecified atom stereocenters. The third kappa shape index (κ3) is 5.07. The maximum Gasteiger partial charge on any atom is 0.261 e. The summed E-state index contributed by atoms with van der Waals surface area (Å²) in [6.07, 6.45) is 0. The van der Waals surface area contributed by atoms with Crippen molar-refractivity contribution in [2.75, 3.05) is 29.0 Å². The number of hydrogen-bond acceptors (Lipinski definition) is 4. The molecule has 0 bridgehead atoms. The minimum absolute atomic E-state index is 0.0645. The summed E-state index contributed by atoms with van der Waals surface area (Å²) in [5.41, 5.74) is 2.16. The van der Waals surface area contributed by atoms with Crippen LogP contribution in [0.2, 0.25) is 5.02 Å². The molecule has 29 heavy (non-hydrogen) atoms. The Morgan fingerprint density at radius 3 is 2.21 bits per heavy atom.